The summed E-state index contributed by atoms with van der Waals surface area (Å²) in [6, 6.07) is 0. The van der Waals surface area contributed by atoms with E-state index in [2.05, 4.69) is 35.5 Å². The molecular weight excluding hydrogens is 316 g/mol. The van der Waals surface area contributed by atoms with Crippen LogP contribution in [0.15, 0.2) is 36.0 Å². The van der Waals surface area contributed by atoms with E-state index in [1.165, 1.54) is 6.92 Å². The van der Waals surface area contributed by atoms with Crippen LogP contribution in [-0.4, -0.2) is 24.6 Å². The third kappa shape index (κ3) is 13.0. The molecule has 4 heteroatoms. The second-order valence-electron chi connectivity index (χ2n) is 4.68. The number of allylic oxidation sites excluding steroid dienone is 4. The number of ether oxygens (including phenoxy) is 2. The first-order valence-electron chi connectivity index (χ1n) is 7.74. The summed E-state index contributed by atoms with van der Waals surface area (Å²) in [5, 5.41) is 0. The topological polar surface area (TPSA) is 52.6 Å². The minimum atomic E-state index is -0.501. The van der Waals surface area contributed by atoms with Gasteiger partial charge >= 0.3 is 11.9 Å². The fourth-order valence-electron chi connectivity index (χ4n) is 1.36. The van der Waals surface area contributed by atoms with Gasteiger partial charge in [-0.2, -0.15) is 0 Å². The van der Waals surface area contributed by atoms with E-state index in [1.807, 2.05) is 0 Å². The number of rotatable bonds is 7. The molecule has 0 aliphatic carbocycles. The van der Waals surface area contributed by atoms with Gasteiger partial charge in [-0.25, -0.2) is 4.79 Å². The lowest BCUT2D eigenvalue weighted by molar-refractivity contribution is -0.144. The summed E-state index contributed by atoms with van der Waals surface area (Å²) in [6.07, 6.45) is 8.29. The molecular formula is C21H22O4. The quantitative estimate of drug-likeness (QED) is 0.310. The molecule has 1 atom stereocenters. The second-order valence-corrected chi connectivity index (χ2v) is 4.68. The van der Waals surface area contributed by atoms with Crippen molar-refractivity contribution < 1.29 is 19.1 Å². The van der Waals surface area contributed by atoms with E-state index in [1.54, 1.807) is 51.2 Å². The van der Waals surface area contributed by atoms with Gasteiger partial charge in [-0.05, 0) is 56.6 Å². The Balaban J connectivity index is 4.73. The van der Waals surface area contributed by atoms with Gasteiger partial charge in [0.05, 0.1) is 6.61 Å². The molecule has 130 valence electrons. The van der Waals surface area contributed by atoms with Gasteiger partial charge in [0, 0.05) is 18.9 Å². The van der Waals surface area contributed by atoms with Crippen molar-refractivity contribution in [3.8, 4) is 35.5 Å². The molecule has 4 nitrogen and oxygen atoms in total. The van der Waals surface area contributed by atoms with Gasteiger partial charge in [-0.3, -0.25) is 4.79 Å². The summed E-state index contributed by atoms with van der Waals surface area (Å²) in [7, 11) is 0. The number of carbonyl (C=O) groups excluding carboxylic acids is 2. The normalized spacial score (nSPS) is 11.4. The molecule has 0 saturated heterocycles. The monoisotopic (exact) mass is 338 g/mol. The molecule has 0 aliphatic heterocycles. The Morgan fingerprint density at radius 1 is 1.08 bits per heavy atom. The zero-order chi connectivity index (χ0) is 18.9. The third-order valence-corrected chi connectivity index (χ3v) is 2.72. The van der Waals surface area contributed by atoms with Gasteiger partial charge in [0.15, 0.2) is 0 Å². The molecule has 25 heavy (non-hydrogen) atoms. The number of carbonyl (C=O) groups is 2. The molecule has 0 bridgehead atoms. The number of hydrogen-bond acceptors (Lipinski definition) is 4. The Morgan fingerprint density at radius 3 is 2.44 bits per heavy atom. The van der Waals surface area contributed by atoms with Crippen molar-refractivity contribution in [2.75, 3.05) is 6.61 Å². The maximum Gasteiger partial charge on any atom is 0.333 e. The van der Waals surface area contributed by atoms with Crippen molar-refractivity contribution in [2.24, 2.45) is 0 Å². The molecule has 0 rings (SSSR count). The van der Waals surface area contributed by atoms with Gasteiger partial charge in [-0.1, -0.05) is 30.1 Å². The molecule has 0 saturated carbocycles. The fourth-order valence-corrected chi connectivity index (χ4v) is 1.36. The van der Waals surface area contributed by atoms with Crippen molar-refractivity contribution in [2.45, 2.75) is 40.2 Å². The van der Waals surface area contributed by atoms with E-state index in [0.717, 1.165) is 0 Å². The maximum absolute atomic E-state index is 11.8. The highest BCUT2D eigenvalue weighted by atomic mass is 16.6. The Hall–Kier alpha value is -3.16. The minimum Gasteiger partial charge on any atom is -0.466 e. The Morgan fingerprint density at radius 2 is 1.80 bits per heavy atom. The van der Waals surface area contributed by atoms with Crippen LogP contribution in [0.5, 0.6) is 0 Å². The van der Waals surface area contributed by atoms with Crippen LogP contribution in [0, 0.1) is 35.5 Å². The standard InChI is InChI=1S/C21H22O4/c1-5-7-8-9-10-11-12-13-14-15-20(16-17-24-19(4)22)25-21(23)18(3)6-2/h6,12-15,20H,16-17H2,1-4H3/b13-12+,15-14+,18-6-/t20-/m1/s1. The minimum absolute atomic E-state index is 0.171. The second kappa shape index (κ2) is 14.4. The van der Waals surface area contributed by atoms with Crippen LogP contribution in [0.3, 0.4) is 0 Å². The molecule has 0 unspecified atom stereocenters. The predicted octanol–water partition coefficient (Wildman–Crippen LogP) is 2.96. The van der Waals surface area contributed by atoms with Crippen LogP contribution in [0.1, 0.15) is 34.1 Å². The molecule has 0 fully saturated rings. The smallest absolute Gasteiger partial charge is 0.333 e. The molecule has 0 aromatic rings. The van der Waals surface area contributed by atoms with Gasteiger partial charge < -0.3 is 9.47 Å². The zero-order valence-corrected chi connectivity index (χ0v) is 15.0. The fraction of sp³-hybridized carbons (Fsp3) is 0.333. The van der Waals surface area contributed by atoms with Crippen molar-refractivity contribution in [1.29, 1.82) is 0 Å². The summed E-state index contributed by atoms with van der Waals surface area (Å²) in [6.45, 7) is 6.64. The lowest BCUT2D eigenvalue weighted by atomic mass is 10.2. The zero-order valence-electron chi connectivity index (χ0n) is 15.0. The molecule has 0 aliphatic rings. The van der Waals surface area contributed by atoms with Crippen molar-refractivity contribution in [3.63, 3.8) is 0 Å². The van der Waals surface area contributed by atoms with Crippen LogP contribution < -0.4 is 0 Å². The van der Waals surface area contributed by atoms with E-state index in [0.29, 0.717) is 12.0 Å². The summed E-state index contributed by atoms with van der Waals surface area (Å²) in [4.78, 5) is 22.7. The Kier molecular flexibility index (Phi) is 12.6. The van der Waals surface area contributed by atoms with Crippen LogP contribution >= 0.6 is 0 Å². The molecule has 0 aromatic carbocycles. The predicted molar refractivity (Wildman–Crippen MR) is 97.8 cm³/mol. The first-order chi connectivity index (χ1) is 12.0. The molecule has 0 spiro atoms. The summed E-state index contributed by atoms with van der Waals surface area (Å²) in [5.74, 6) is 15.0. The lowest BCUT2D eigenvalue weighted by Gasteiger charge is -2.14. The number of hydrogen-bond donors (Lipinski definition) is 0. The Labute approximate surface area is 150 Å². The van der Waals surface area contributed by atoms with Crippen LogP contribution in [0.2, 0.25) is 0 Å². The van der Waals surface area contributed by atoms with Crippen LogP contribution in [0.4, 0.5) is 0 Å². The largest absolute Gasteiger partial charge is 0.466 e. The van der Waals surface area contributed by atoms with Gasteiger partial charge in [-0.15, -0.1) is 0 Å². The van der Waals surface area contributed by atoms with Crippen LogP contribution in [-0.2, 0) is 19.1 Å². The highest BCUT2D eigenvalue weighted by Gasteiger charge is 2.13. The molecule has 0 amide bonds. The summed E-state index contributed by atoms with van der Waals surface area (Å²) >= 11 is 0. The molecule has 0 radical (unpaired) electrons. The Bertz CT molecular complexity index is 719. The highest BCUT2D eigenvalue weighted by molar-refractivity contribution is 5.87. The lowest BCUT2D eigenvalue weighted by Crippen LogP contribution is -2.19. The van der Waals surface area contributed by atoms with E-state index >= 15 is 0 Å². The van der Waals surface area contributed by atoms with Crippen molar-refractivity contribution in [3.05, 3.63) is 36.0 Å². The molecule has 0 N–H and O–H groups in total. The van der Waals surface area contributed by atoms with E-state index in [9.17, 15) is 9.59 Å². The number of esters is 2. The first kappa shape index (κ1) is 21.8. The third-order valence-electron chi connectivity index (χ3n) is 2.72. The first-order valence-corrected chi connectivity index (χ1v) is 7.74. The van der Waals surface area contributed by atoms with Gasteiger partial charge in [0.1, 0.15) is 6.10 Å². The summed E-state index contributed by atoms with van der Waals surface area (Å²) < 4.78 is 10.3. The van der Waals surface area contributed by atoms with E-state index in [-0.39, 0.29) is 12.6 Å². The average Bonchev–Trinajstić information content (AvgIpc) is 2.58. The van der Waals surface area contributed by atoms with Crippen LogP contribution in [0.25, 0.3) is 0 Å². The van der Waals surface area contributed by atoms with E-state index < -0.39 is 12.1 Å². The van der Waals surface area contributed by atoms with E-state index in [4.69, 9.17) is 9.47 Å². The van der Waals surface area contributed by atoms with Crippen molar-refractivity contribution in [1.82, 2.24) is 0 Å². The molecule has 0 heterocycles. The van der Waals surface area contributed by atoms with Crippen molar-refractivity contribution >= 4 is 11.9 Å². The maximum atomic E-state index is 11.8. The SMILES string of the molecule is CC#CC#CC#C/C=C/C=C/[C@H](CCOC(C)=O)OC(=O)/C(C)=C\C. The average molecular weight is 338 g/mol. The molecule has 0 aromatic heterocycles. The summed E-state index contributed by atoms with van der Waals surface area (Å²) in [5.41, 5.74) is 0.515. The van der Waals surface area contributed by atoms with Gasteiger partial charge in [0.2, 0.25) is 0 Å². The van der Waals surface area contributed by atoms with Gasteiger partial charge in [0.25, 0.3) is 0 Å². The highest BCUT2D eigenvalue weighted by Crippen LogP contribution is 2.07.